The molecule has 0 aromatic carbocycles. The Hall–Kier alpha value is -3.49. The smallest absolute Gasteiger partial charge is 0.259 e. The van der Waals surface area contributed by atoms with Gasteiger partial charge in [0, 0.05) is 34.1 Å². The van der Waals surface area contributed by atoms with Crippen molar-refractivity contribution in [3.63, 3.8) is 0 Å². The lowest BCUT2D eigenvalue weighted by molar-refractivity contribution is -0.208. The largest absolute Gasteiger partial charge is 0.392 e. The molecule has 4 aliphatic carbocycles. The predicted octanol–water partition coefficient (Wildman–Crippen LogP) is 2.78. The Labute approximate surface area is 318 Å². The van der Waals surface area contributed by atoms with Crippen LogP contribution >= 0.6 is 0 Å². The van der Waals surface area contributed by atoms with Crippen molar-refractivity contribution in [1.82, 2.24) is 21.4 Å². The monoisotopic (exact) mass is 759 g/mol. The minimum absolute atomic E-state index is 0.0460. The summed E-state index contributed by atoms with van der Waals surface area (Å²) in [6, 6.07) is 0. The zero-order valence-corrected chi connectivity index (χ0v) is 33.4. The second kappa shape index (κ2) is 15.6. The number of nitrogens with one attached hydrogen (secondary N) is 4. The molecule has 10 atom stereocenters. The number of aliphatic hydroxyl groups excluding tert-OH is 2. The first-order chi connectivity index (χ1) is 25.0. The van der Waals surface area contributed by atoms with Gasteiger partial charge in [-0.05, 0) is 82.8 Å². The van der Waals surface area contributed by atoms with E-state index in [1.54, 1.807) is 47.6 Å². The molecule has 0 aromatic rings. The van der Waals surface area contributed by atoms with Crippen molar-refractivity contribution < 1.29 is 43.7 Å². The molecule has 0 bridgehead atoms. The minimum Gasteiger partial charge on any atom is -0.392 e. The number of aliphatic hydroxyl groups is 3. The Morgan fingerprint density at radius 2 is 1.69 bits per heavy atom. The quantitative estimate of drug-likeness (QED) is 0.103. The number of allylic oxidation sites excluding steroid dienone is 4. The third kappa shape index (κ3) is 7.42. The molecule has 4 amide bonds. The average molecular weight is 760 g/mol. The van der Waals surface area contributed by atoms with Crippen molar-refractivity contribution in [2.24, 2.45) is 44.5 Å². The summed E-state index contributed by atoms with van der Waals surface area (Å²) in [7, 11) is 0. The van der Waals surface area contributed by atoms with Crippen LogP contribution in [0.2, 0.25) is 0 Å². The number of amides is 4. The van der Waals surface area contributed by atoms with Crippen LogP contribution in [0.15, 0.2) is 28.9 Å². The highest BCUT2D eigenvalue weighted by Crippen LogP contribution is 2.70. The van der Waals surface area contributed by atoms with E-state index in [4.69, 9.17) is 0 Å². The van der Waals surface area contributed by atoms with Gasteiger partial charge in [-0.3, -0.25) is 24.0 Å². The molecule has 0 aromatic heterocycles. The number of rotatable bonds is 14. The Bertz CT molecular complexity index is 1610. The van der Waals surface area contributed by atoms with Gasteiger partial charge < -0.3 is 31.3 Å². The molecule has 54 heavy (non-hydrogen) atoms. The number of alkyl halides is 1. The van der Waals surface area contributed by atoms with Crippen molar-refractivity contribution in [3.8, 4) is 0 Å². The number of nitrogens with zero attached hydrogens (tertiary/aromatic N) is 1. The summed E-state index contributed by atoms with van der Waals surface area (Å²) in [5.74, 6) is -3.49. The molecule has 3 fully saturated rings. The van der Waals surface area contributed by atoms with Crippen LogP contribution in [0.3, 0.4) is 0 Å². The number of ketones is 1. The van der Waals surface area contributed by atoms with E-state index in [2.05, 4.69) is 26.5 Å². The van der Waals surface area contributed by atoms with Gasteiger partial charge in [-0.2, -0.15) is 5.10 Å². The van der Waals surface area contributed by atoms with Crippen LogP contribution < -0.4 is 21.4 Å². The third-order valence-corrected chi connectivity index (χ3v) is 13.5. The van der Waals surface area contributed by atoms with Crippen LogP contribution in [0, 0.1) is 39.4 Å². The maximum atomic E-state index is 17.5. The van der Waals surface area contributed by atoms with E-state index >= 15 is 4.39 Å². The highest BCUT2D eigenvalue weighted by molar-refractivity contribution is 6.01. The highest BCUT2D eigenvalue weighted by Gasteiger charge is 2.75. The second-order valence-electron chi connectivity index (χ2n) is 17.6. The molecule has 0 heterocycles. The summed E-state index contributed by atoms with van der Waals surface area (Å²) in [6.07, 6.45) is 4.58. The Kier molecular flexibility index (Phi) is 12.5. The van der Waals surface area contributed by atoms with Gasteiger partial charge in [0.05, 0.1) is 31.0 Å². The normalized spacial score (nSPS) is 35.0. The first-order valence-corrected chi connectivity index (χ1v) is 19.4. The number of hydrogen-bond donors (Lipinski definition) is 7. The average Bonchev–Trinajstić information content (AvgIpc) is 3.30. The maximum absolute atomic E-state index is 17.5. The van der Waals surface area contributed by atoms with Crippen molar-refractivity contribution in [3.05, 3.63) is 23.8 Å². The number of halogens is 1. The van der Waals surface area contributed by atoms with E-state index in [0.29, 0.717) is 31.3 Å². The van der Waals surface area contributed by atoms with Gasteiger partial charge >= 0.3 is 0 Å². The van der Waals surface area contributed by atoms with E-state index in [1.807, 2.05) is 20.8 Å². The zero-order chi connectivity index (χ0) is 40.7. The van der Waals surface area contributed by atoms with Gasteiger partial charge in [0.15, 0.2) is 11.5 Å². The van der Waals surface area contributed by atoms with E-state index in [9.17, 15) is 39.3 Å². The second-order valence-corrected chi connectivity index (χ2v) is 17.6. The Morgan fingerprint density at radius 1 is 1.04 bits per heavy atom. The van der Waals surface area contributed by atoms with Crippen LogP contribution in [0.4, 0.5) is 4.39 Å². The van der Waals surface area contributed by atoms with Gasteiger partial charge in [0.25, 0.3) is 5.91 Å². The summed E-state index contributed by atoms with van der Waals surface area (Å²) in [4.78, 5) is 63.6. The molecule has 14 heteroatoms. The van der Waals surface area contributed by atoms with Crippen molar-refractivity contribution in [2.45, 2.75) is 131 Å². The van der Waals surface area contributed by atoms with Crippen LogP contribution in [0.5, 0.6) is 0 Å². The van der Waals surface area contributed by atoms with Gasteiger partial charge in [-0.15, -0.1) is 0 Å². The number of hydrazone groups is 1. The lowest BCUT2D eigenvalue weighted by atomic mass is 9.44. The molecule has 302 valence electrons. The van der Waals surface area contributed by atoms with Crippen LogP contribution in [-0.2, 0) is 24.0 Å². The fourth-order valence-corrected chi connectivity index (χ4v) is 10.3. The van der Waals surface area contributed by atoms with Gasteiger partial charge in [0.1, 0.15) is 5.60 Å². The number of carbonyl (C=O) groups excluding carboxylic acids is 5. The molecule has 0 saturated heterocycles. The maximum Gasteiger partial charge on any atom is 0.259 e. The van der Waals surface area contributed by atoms with Crippen molar-refractivity contribution >= 4 is 35.1 Å². The summed E-state index contributed by atoms with van der Waals surface area (Å²) in [5.41, 5.74) is -4.25. The Balaban J connectivity index is 1.37. The fourth-order valence-electron chi connectivity index (χ4n) is 10.3. The molecule has 0 radical (unpaired) electrons. The molecule has 4 rings (SSSR count). The molecule has 13 nitrogen and oxygen atoms in total. The lowest BCUT2D eigenvalue weighted by Crippen LogP contribution is -2.69. The summed E-state index contributed by atoms with van der Waals surface area (Å²) in [5, 5.41) is 45.9. The zero-order valence-electron chi connectivity index (χ0n) is 33.4. The standard InChI is InChI=1S/C40H62FN5O8/c1-10-29(45-46-32(51)21-42-31(50)20-44-33(52)35(5,6)22-36(7,11-2)34(53)43-19-24(4)47)40(54)23(3)16-28-27-13-12-25-17-26(48)14-15-37(25,8)39(27,41)30(49)18-38(28,40)9/h14-15,17,23-24,27-28,30,47,49,54H,10-13,16,18-22H2,1-9H3,(H,42,50)(H,43,53)(H,44,52)(H,46,51). The molecule has 0 spiro atoms. The van der Waals surface area contributed by atoms with E-state index in [1.165, 1.54) is 12.2 Å². The van der Waals surface area contributed by atoms with E-state index < -0.39 is 81.9 Å². The molecule has 3 saturated carbocycles. The lowest BCUT2D eigenvalue weighted by Gasteiger charge is -2.62. The number of carbonyl (C=O) groups is 5. The summed E-state index contributed by atoms with van der Waals surface area (Å²) < 4.78 is 17.5. The number of hydrogen-bond acceptors (Lipinski definition) is 9. The topological polar surface area (TPSA) is 207 Å². The first-order valence-electron chi connectivity index (χ1n) is 19.4. The van der Waals surface area contributed by atoms with E-state index in [-0.39, 0.29) is 55.0 Å². The highest BCUT2D eigenvalue weighted by atomic mass is 19.1. The van der Waals surface area contributed by atoms with Crippen LogP contribution in [0.1, 0.15) is 107 Å². The van der Waals surface area contributed by atoms with E-state index in [0.717, 1.165) is 0 Å². The van der Waals surface area contributed by atoms with Gasteiger partial charge in [-0.1, -0.05) is 60.1 Å². The third-order valence-electron chi connectivity index (χ3n) is 13.5. The molecule has 10 unspecified atom stereocenters. The molecule has 4 aliphatic rings. The molecule has 0 aliphatic heterocycles. The van der Waals surface area contributed by atoms with Gasteiger partial charge in [-0.25, -0.2) is 9.82 Å². The molecular weight excluding hydrogens is 697 g/mol. The molecule has 7 N–H and O–H groups in total. The Morgan fingerprint density at radius 3 is 2.30 bits per heavy atom. The SMILES string of the molecule is CCC(=NNC(=O)CNC(=O)CNC(=O)C(C)(C)CC(C)(CC)C(=O)NCC(C)O)C1(O)C(C)CC2C3CCC4=CC(=O)C=CC4(C)C3(F)C(O)CC21C. The predicted molar refractivity (Wildman–Crippen MR) is 201 cm³/mol. The summed E-state index contributed by atoms with van der Waals surface area (Å²) in [6.45, 7) is 15.0. The van der Waals surface area contributed by atoms with Crippen molar-refractivity contribution in [1.29, 1.82) is 0 Å². The number of fused-ring (bicyclic) bond motifs is 5. The van der Waals surface area contributed by atoms with Crippen LogP contribution in [-0.4, -0.2) is 93.6 Å². The summed E-state index contributed by atoms with van der Waals surface area (Å²) >= 11 is 0. The minimum atomic E-state index is -2.04. The van der Waals surface area contributed by atoms with Gasteiger partial charge in [0.2, 0.25) is 17.7 Å². The first kappa shape index (κ1) is 43.2. The fraction of sp³-hybridized carbons (Fsp3) is 0.750. The van der Waals surface area contributed by atoms with Crippen molar-refractivity contribution in [2.75, 3.05) is 19.6 Å². The molecular formula is C40H62FN5O8. The van der Waals surface area contributed by atoms with Crippen LogP contribution in [0.25, 0.3) is 0 Å².